The van der Waals surface area contributed by atoms with Gasteiger partial charge in [0, 0.05) is 20.8 Å². The average molecular weight is 218 g/mol. The van der Waals surface area contributed by atoms with E-state index in [0.717, 1.165) is 0 Å². The summed E-state index contributed by atoms with van der Waals surface area (Å²) in [6.45, 7) is 6.63. The first-order chi connectivity index (χ1) is 7.15. The lowest BCUT2D eigenvalue weighted by molar-refractivity contribution is -0.238. The lowest BCUT2D eigenvalue weighted by Crippen LogP contribution is -2.58. The van der Waals surface area contributed by atoms with Crippen molar-refractivity contribution in [1.82, 2.24) is 0 Å². The highest BCUT2D eigenvalue weighted by Gasteiger charge is 2.43. The van der Waals surface area contributed by atoms with Gasteiger partial charge in [0.1, 0.15) is 18.3 Å². The van der Waals surface area contributed by atoms with Crippen molar-refractivity contribution in [2.24, 2.45) is 0 Å². The smallest absolute Gasteiger partial charge is 0.114 e. The fraction of sp³-hybridized carbons (Fsp3) is 1.00. The summed E-state index contributed by atoms with van der Waals surface area (Å²) in [6.07, 6.45) is -0.111. The Hall–Kier alpha value is -0.160. The lowest BCUT2D eigenvalue weighted by atomic mass is 9.96. The van der Waals surface area contributed by atoms with Crippen molar-refractivity contribution < 1.29 is 18.9 Å². The van der Waals surface area contributed by atoms with E-state index in [0.29, 0.717) is 6.61 Å². The molecule has 1 saturated heterocycles. The van der Waals surface area contributed by atoms with E-state index in [2.05, 4.69) is 0 Å². The van der Waals surface area contributed by atoms with Crippen molar-refractivity contribution >= 4 is 0 Å². The molecule has 0 aromatic rings. The molecule has 1 unspecified atom stereocenters. The quantitative estimate of drug-likeness (QED) is 0.711. The minimum atomic E-state index is -0.0669. The number of hydrogen-bond donors (Lipinski definition) is 0. The predicted molar refractivity (Wildman–Crippen MR) is 57.0 cm³/mol. The van der Waals surface area contributed by atoms with Crippen LogP contribution in [0.5, 0.6) is 0 Å². The fourth-order valence-electron chi connectivity index (χ4n) is 2.23. The maximum atomic E-state index is 5.76. The second kappa shape index (κ2) is 5.80. The third-order valence-corrected chi connectivity index (χ3v) is 2.91. The van der Waals surface area contributed by atoms with Gasteiger partial charge in [-0.2, -0.15) is 0 Å². The van der Waals surface area contributed by atoms with E-state index in [4.69, 9.17) is 18.9 Å². The lowest BCUT2D eigenvalue weighted by Gasteiger charge is -2.43. The Morgan fingerprint density at radius 1 is 0.933 bits per heavy atom. The monoisotopic (exact) mass is 218 g/mol. The molecule has 0 bridgehead atoms. The minimum Gasteiger partial charge on any atom is -0.376 e. The summed E-state index contributed by atoms with van der Waals surface area (Å²) in [7, 11) is 3.36. The van der Waals surface area contributed by atoms with Crippen LogP contribution in [0.3, 0.4) is 0 Å². The van der Waals surface area contributed by atoms with Gasteiger partial charge in [0.05, 0.1) is 12.2 Å². The first-order valence-corrected chi connectivity index (χ1v) is 5.48. The zero-order valence-electron chi connectivity index (χ0n) is 10.2. The van der Waals surface area contributed by atoms with E-state index in [1.165, 1.54) is 0 Å². The van der Waals surface area contributed by atoms with Crippen molar-refractivity contribution in [3.63, 3.8) is 0 Å². The highest BCUT2D eigenvalue weighted by Crippen LogP contribution is 2.26. The molecule has 0 aromatic heterocycles. The largest absolute Gasteiger partial charge is 0.376 e. The molecule has 0 spiro atoms. The van der Waals surface area contributed by atoms with E-state index < -0.39 is 0 Å². The molecular formula is C11H22O4. The Balaban J connectivity index is 2.75. The zero-order chi connectivity index (χ0) is 11.4. The predicted octanol–water partition coefficient (Wildman–Crippen LogP) is 1.23. The number of methoxy groups -OCH3 is 2. The van der Waals surface area contributed by atoms with Crippen molar-refractivity contribution in [3.05, 3.63) is 0 Å². The van der Waals surface area contributed by atoms with E-state index >= 15 is 0 Å². The molecule has 5 atom stereocenters. The maximum absolute atomic E-state index is 5.76. The van der Waals surface area contributed by atoms with Crippen LogP contribution in [0.25, 0.3) is 0 Å². The molecule has 4 heteroatoms. The van der Waals surface area contributed by atoms with Crippen molar-refractivity contribution in [2.45, 2.75) is 51.3 Å². The van der Waals surface area contributed by atoms with Gasteiger partial charge in [-0.15, -0.1) is 0 Å². The Labute approximate surface area is 91.8 Å². The molecule has 1 aliphatic rings. The minimum absolute atomic E-state index is 0.0339. The molecule has 0 amide bonds. The van der Waals surface area contributed by atoms with E-state index in [9.17, 15) is 0 Å². The number of ether oxygens (including phenoxy) is 4. The van der Waals surface area contributed by atoms with Gasteiger partial charge in [0.25, 0.3) is 0 Å². The third-order valence-electron chi connectivity index (χ3n) is 2.91. The highest BCUT2D eigenvalue weighted by molar-refractivity contribution is 4.91. The van der Waals surface area contributed by atoms with Crippen molar-refractivity contribution in [3.8, 4) is 0 Å². The first kappa shape index (κ1) is 12.9. The molecule has 90 valence electrons. The van der Waals surface area contributed by atoms with Crippen molar-refractivity contribution in [1.29, 1.82) is 0 Å². The second-order valence-electron chi connectivity index (χ2n) is 3.87. The summed E-state index contributed by atoms with van der Waals surface area (Å²) < 4.78 is 22.3. The molecule has 0 N–H and O–H groups in total. The van der Waals surface area contributed by atoms with Gasteiger partial charge in [-0.1, -0.05) is 0 Å². The Bertz CT molecular complexity index is 185. The summed E-state index contributed by atoms with van der Waals surface area (Å²) in [4.78, 5) is 0. The zero-order valence-corrected chi connectivity index (χ0v) is 10.2. The van der Waals surface area contributed by atoms with Crippen LogP contribution in [0, 0.1) is 0 Å². The molecule has 0 aromatic carbocycles. The normalized spacial score (nSPS) is 41.8. The molecule has 0 saturated carbocycles. The Morgan fingerprint density at radius 2 is 1.47 bits per heavy atom. The first-order valence-electron chi connectivity index (χ1n) is 5.48. The Kier molecular flexibility index (Phi) is 4.99. The second-order valence-corrected chi connectivity index (χ2v) is 3.87. The van der Waals surface area contributed by atoms with Crippen LogP contribution in [0.1, 0.15) is 20.8 Å². The standard InChI is InChI=1S/C11H22O4/c1-6-14-10-8(3)15-7(2)9(12-4)11(10)13-5/h7-11H,6H2,1-5H3/t7?,8-,9-,10-,11+/m0/s1. The van der Waals surface area contributed by atoms with Crippen molar-refractivity contribution in [2.75, 3.05) is 20.8 Å². The molecular weight excluding hydrogens is 196 g/mol. The van der Waals surface area contributed by atoms with Gasteiger partial charge in [-0.3, -0.25) is 0 Å². The van der Waals surface area contributed by atoms with Gasteiger partial charge in [0.15, 0.2) is 0 Å². The van der Waals surface area contributed by atoms with Gasteiger partial charge < -0.3 is 18.9 Å². The van der Waals surface area contributed by atoms with Gasteiger partial charge in [-0.05, 0) is 20.8 Å². The molecule has 1 rings (SSSR count). The van der Waals surface area contributed by atoms with Gasteiger partial charge in [-0.25, -0.2) is 0 Å². The van der Waals surface area contributed by atoms with Crippen LogP contribution in [-0.4, -0.2) is 51.3 Å². The Morgan fingerprint density at radius 3 is 1.93 bits per heavy atom. The molecule has 0 radical (unpaired) electrons. The van der Waals surface area contributed by atoms with Crippen LogP contribution >= 0.6 is 0 Å². The summed E-state index contributed by atoms with van der Waals surface area (Å²) >= 11 is 0. The average Bonchev–Trinajstić information content (AvgIpc) is 2.21. The summed E-state index contributed by atoms with van der Waals surface area (Å²) in [5.74, 6) is 0. The van der Waals surface area contributed by atoms with Crippen LogP contribution in [0.2, 0.25) is 0 Å². The SMILES string of the molecule is CCO[C@@H]1[C@H](OC)[C@@H](OC)C(C)O[C@H]1C. The van der Waals surface area contributed by atoms with Gasteiger partial charge in [0.2, 0.25) is 0 Å². The number of rotatable bonds is 4. The summed E-state index contributed by atoms with van der Waals surface area (Å²) in [5, 5.41) is 0. The van der Waals surface area contributed by atoms with Crippen LogP contribution in [-0.2, 0) is 18.9 Å². The van der Waals surface area contributed by atoms with E-state index in [1.807, 2.05) is 20.8 Å². The molecule has 1 fully saturated rings. The van der Waals surface area contributed by atoms with Crippen LogP contribution in [0.15, 0.2) is 0 Å². The maximum Gasteiger partial charge on any atom is 0.114 e. The highest BCUT2D eigenvalue weighted by atomic mass is 16.6. The molecule has 0 aliphatic carbocycles. The molecule has 1 heterocycles. The van der Waals surface area contributed by atoms with E-state index in [1.54, 1.807) is 14.2 Å². The molecule has 15 heavy (non-hydrogen) atoms. The summed E-state index contributed by atoms with van der Waals surface area (Å²) in [6, 6.07) is 0. The van der Waals surface area contributed by atoms with E-state index in [-0.39, 0.29) is 30.5 Å². The fourth-order valence-corrected chi connectivity index (χ4v) is 2.23. The summed E-state index contributed by atoms with van der Waals surface area (Å²) in [5.41, 5.74) is 0. The topological polar surface area (TPSA) is 36.9 Å². The van der Waals surface area contributed by atoms with Crippen LogP contribution < -0.4 is 0 Å². The number of hydrogen-bond acceptors (Lipinski definition) is 4. The third kappa shape index (κ3) is 2.69. The van der Waals surface area contributed by atoms with Crippen LogP contribution in [0.4, 0.5) is 0 Å². The molecule has 1 aliphatic heterocycles. The van der Waals surface area contributed by atoms with Gasteiger partial charge >= 0.3 is 0 Å². The molecule has 4 nitrogen and oxygen atoms in total.